The van der Waals surface area contributed by atoms with E-state index in [9.17, 15) is 20.0 Å². The van der Waals surface area contributed by atoms with E-state index in [2.05, 4.69) is 5.32 Å². The summed E-state index contributed by atoms with van der Waals surface area (Å²) < 4.78 is 0. The van der Waals surface area contributed by atoms with Crippen LogP contribution in [0.4, 0.5) is 5.69 Å². The fourth-order valence-corrected chi connectivity index (χ4v) is 2.14. The predicted molar refractivity (Wildman–Crippen MR) is 82.0 cm³/mol. The molecule has 6 heteroatoms. The summed E-state index contributed by atoms with van der Waals surface area (Å²) in [6.45, 7) is 0.875. The molecule has 6 nitrogen and oxygen atoms in total. The second-order valence-electron chi connectivity index (χ2n) is 5.04. The maximum Gasteiger partial charge on any atom is 0.268 e. The second kappa shape index (κ2) is 6.36. The first-order valence-electron chi connectivity index (χ1n) is 6.69. The summed E-state index contributed by atoms with van der Waals surface area (Å²) in [4.78, 5) is 22.6. The Labute approximate surface area is 127 Å². The van der Waals surface area contributed by atoms with E-state index in [1.807, 2.05) is 0 Å². The lowest BCUT2D eigenvalue weighted by Gasteiger charge is -2.23. The number of aliphatic hydroxyl groups is 1. The predicted octanol–water partition coefficient (Wildman–Crippen LogP) is 2.10. The number of nitrogens with zero attached hydrogens (tertiary/aromatic N) is 1. The molecule has 0 aromatic heterocycles. The highest BCUT2D eigenvalue weighted by molar-refractivity contribution is 5.97. The molecule has 1 unspecified atom stereocenters. The third-order valence-corrected chi connectivity index (χ3v) is 3.26. The molecule has 0 saturated carbocycles. The van der Waals surface area contributed by atoms with E-state index in [0.717, 1.165) is 5.56 Å². The summed E-state index contributed by atoms with van der Waals surface area (Å²) in [6.07, 6.45) is 0. The smallest absolute Gasteiger partial charge is 0.268 e. The number of hydrogen-bond donors (Lipinski definition) is 2. The molecule has 114 valence electrons. The first-order chi connectivity index (χ1) is 10.4. The highest BCUT2D eigenvalue weighted by atomic mass is 16.6. The Kier molecular flexibility index (Phi) is 4.53. The van der Waals surface area contributed by atoms with Crippen LogP contribution in [0.15, 0.2) is 54.6 Å². The first kappa shape index (κ1) is 15.7. The minimum Gasteiger partial charge on any atom is -0.370 e. The molecular formula is C16H16N2O4. The van der Waals surface area contributed by atoms with Crippen LogP contribution >= 0.6 is 0 Å². The molecule has 0 heterocycles. The fourth-order valence-electron chi connectivity index (χ4n) is 2.14. The van der Waals surface area contributed by atoms with Gasteiger partial charge in [0.25, 0.3) is 5.91 Å². The maximum atomic E-state index is 12.4. The second-order valence-corrected chi connectivity index (χ2v) is 5.04. The third kappa shape index (κ3) is 3.48. The van der Waals surface area contributed by atoms with Gasteiger partial charge in [-0.2, -0.15) is 0 Å². The first-order valence-corrected chi connectivity index (χ1v) is 6.69. The molecule has 0 fully saturated rings. The lowest BCUT2D eigenvalue weighted by Crippen LogP contribution is -2.45. The van der Waals surface area contributed by atoms with Gasteiger partial charge in [-0.1, -0.05) is 48.0 Å². The van der Waals surface area contributed by atoms with Crippen LogP contribution in [-0.4, -0.2) is 22.5 Å². The van der Waals surface area contributed by atoms with E-state index >= 15 is 0 Å². The van der Waals surface area contributed by atoms with Gasteiger partial charge in [0.1, 0.15) is 0 Å². The van der Waals surface area contributed by atoms with E-state index in [4.69, 9.17) is 0 Å². The molecule has 2 N–H and O–H groups in total. The van der Waals surface area contributed by atoms with Crippen LogP contribution < -0.4 is 5.32 Å². The Hall–Kier alpha value is -2.73. The van der Waals surface area contributed by atoms with Crippen molar-refractivity contribution in [2.45, 2.75) is 12.5 Å². The summed E-state index contributed by atoms with van der Waals surface area (Å²) in [5.41, 5.74) is -0.780. The topological polar surface area (TPSA) is 92.5 Å². The van der Waals surface area contributed by atoms with Crippen LogP contribution in [0.3, 0.4) is 0 Å². The zero-order valence-corrected chi connectivity index (χ0v) is 12.0. The number of anilines is 1. The van der Waals surface area contributed by atoms with Gasteiger partial charge in [0.2, 0.25) is 12.1 Å². The van der Waals surface area contributed by atoms with Crippen molar-refractivity contribution in [2.75, 3.05) is 11.9 Å². The minimum atomic E-state index is -2.23. The fraction of sp³-hybridized carbons (Fsp3) is 0.188. The zero-order valence-electron chi connectivity index (χ0n) is 12.0. The number of carbonyl (C=O) groups excluding carboxylic acids is 1. The van der Waals surface area contributed by atoms with Crippen LogP contribution in [0.2, 0.25) is 0 Å². The number of rotatable bonds is 5. The highest BCUT2D eigenvalue weighted by Crippen LogP contribution is 2.24. The summed E-state index contributed by atoms with van der Waals surface area (Å²) in [6, 6.07) is 15.0. The number of nitro groups is 1. The molecule has 0 bridgehead atoms. The van der Waals surface area contributed by atoms with Gasteiger partial charge >= 0.3 is 0 Å². The van der Waals surface area contributed by atoms with Crippen LogP contribution in [0.5, 0.6) is 0 Å². The molecule has 2 aromatic carbocycles. The standard InChI is InChI=1S/C16H16N2O4/c1-12-6-5-7-13(10-12)16(20,11-18(21)22)15(19)17-14-8-3-2-4-9-14/h2-10,20H,11H2,1H3,(H,17,19). The number of nitrogens with one attached hydrogen (secondary N) is 1. The lowest BCUT2D eigenvalue weighted by molar-refractivity contribution is -0.498. The number of aryl methyl sites for hydroxylation is 1. The lowest BCUT2D eigenvalue weighted by atomic mass is 9.91. The van der Waals surface area contributed by atoms with Crippen molar-refractivity contribution in [3.05, 3.63) is 75.8 Å². The quantitative estimate of drug-likeness (QED) is 0.653. The Bertz CT molecular complexity index is 688. The molecule has 1 amide bonds. The molecule has 0 saturated heterocycles. The average molecular weight is 300 g/mol. The van der Waals surface area contributed by atoms with Crippen molar-refractivity contribution in [1.82, 2.24) is 0 Å². The molecule has 2 aromatic rings. The summed E-state index contributed by atoms with van der Waals surface area (Å²) in [5.74, 6) is -0.832. The Balaban J connectivity index is 2.36. The molecule has 0 aliphatic rings. The van der Waals surface area contributed by atoms with Gasteiger partial charge in [-0.3, -0.25) is 14.9 Å². The average Bonchev–Trinajstić information content (AvgIpc) is 2.47. The van der Waals surface area contributed by atoms with Crippen LogP contribution in [0.1, 0.15) is 11.1 Å². The van der Waals surface area contributed by atoms with Crippen LogP contribution in [0, 0.1) is 17.0 Å². The number of amides is 1. The van der Waals surface area contributed by atoms with E-state index in [1.54, 1.807) is 55.5 Å². The van der Waals surface area contributed by atoms with Gasteiger partial charge in [-0.05, 0) is 19.1 Å². The molecule has 22 heavy (non-hydrogen) atoms. The van der Waals surface area contributed by atoms with Crippen molar-refractivity contribution < 1.29 is 14.8 Å². The number of hydrogen-bond acceptors (Lipinski definition) is 4. The van der Waals surface area contributed by atoms with Gasteiger partial charge < -0.3 is 10.4 Å². The number of benzene rings is 2. The van der Waals surface area contributed by atoms with Gasteiger partial charge in [0.05, 0.1) is 0 Å². The molecule has 1 atom stereocenters. The Morgan fingerprint density at radius 1 is 1.23 bits per heavy atom. The highest BCUT2D eigenvalue weighted by Gasteiger charge is 2.43. The maximum absolute atomic E-state index is 12.4. The van der Waals surface area contributed by atoms with Gasteiger partial charge in [-0.25, -0.2) is 0 Å². The van der Waals surface area contributed by atoms with Gasteiger partial charge in [0.15, 0.2) is 0 Å². The van der Waals surface area contributed by atoms with Crippen LogP contribution in [0.25, 0.3) is 0 Å². The summed E-state index contributed by atoms with van der Waals surface area (Å²) >= 11 is 0. The van der Waals surface area contributed by atoms with Crippen molar-refractivity contribution in [2.24, 2.45) is 0 Å². The van der Waals surface area contributed by atoms with E-state index in [1.165, 1.54) is 6.07 Å². The molecule has 0 radical (unpaired) electrons. The van der Waals surface area contributed by atoms with Crippen LogP contribution in [-0.2, 0) is 10.4 Å². The molecule has 2 rings (SSSR count). The third-order valence-electron chi connectivity index (χ3n) is 3.26. The summed E-state index contributed by atoms with van der Waals surface area (Å²) in [7, 11) is 0. The van der Waals surface area contributed by atoms with E-state index in [-0.39, 0.29) is 5.56 Å². The van der Waals surface area contributed by atoms with Crippen molar-refractivity contribution >= 4 is 11.6 Å². The van der Waals surface area contributed by atoms with Crippen molar-refractivity contribution in [3.63, 3.8) is 0 Å². The number of carbonyl (C=O) groups is 1. The Morgan fingerprint density at radius 2 is 1.91 bits per heavy atom. The largest absolute Gasteiger partial charge is 0.370 e. The monoisotopic (exact) mass is 300 g/mol. The van der Waals surface area contributed by atoms with E-state index in [0.29, 0.717) is 5.69 Å². The Morgan fingerprint density at radius 3 is 2.50 bits per heavy atom. The molecule has 0 spiro atoms. The zero-order chi connectivity index (χ0) is 16.2. The van der Waals surface area contributed by atoms with Gasteiger partial charge in [0, 0.05) is 16.2 Å². The number of para-hydroxylation sites is 1. The molecule has 0 aliphatic carbocycles. The SMILES string of the molecule is Cc1cccc(C(O)(C[N+](=O)[O-])C(=O)Nc2ccccc2)c1. The molecular weight excluding hydrogens is 284 g/mol. The van der Waals surface area contributed by atoms with E-state index < -0.39 is 23.0 Å². The van der Waals surface area contributed by atoms with Gasteiger partial charge in [-0.15, -0.1) is 0 Å². The van der Waals surface area contributed by atoms with Crippen molar-refractivity contribution in [3.8, 4) is 0 Å². The molecule has 0 aliphatic heterocycles. The normalized spacial score (nSPS) is 13.2. The minimum absolute atomic E-state index is 0.192. The summed E-state index contributed by atoms with van der Waals surface area (Å²) in [5, 5.41) is 24.1. The van der Waals surface area contributed by atoms with Crippen molar-refractivity contribution in [1.29, 1.82) is 0 Å².